The first-order valence-electron chi connectivity index (χ1n) is 9.75. The molecule has 0 saturated carbocycles. The summed E-state index contributed by atoms with van der Waals surface area (Å²) in [6.45, 7) is 0.436. The van der Waals surface area contributed by atoms with Gasteiger partial charge in [0.15, 0.2) is 17.3 Å². The summed E-state index contributed by atoms with van der Waals surface area (Å²) in [6, 6.07) is 6.11. The Morgan fingerprint density at radius 2 is 1.94 bits per heavy atom. The first kappa shape index (κ1) is 19.9. The number of amides is 1. The average molecular weight is 449 g/mol. The van der Waals surface area contributed by atoms with E-state index >= 15 is 0 Å². The number of halogens is 4. The van der Waals surface area contributed by atoms with Gasteiger partial charge in [-0.15, -0.1) is 10.2 Å². The SMILES string of the molecule is O=C(c1ccnc(C(F)(F)F)c1Cl)N1C2CCCC1c1nnc(-c3ccccn3)n1C2. The van der Waals surface area contributed by atoms with Crippen molar-refractivity contribution >= 4 is 17.5 Å². The van der Waals surface area contributed by atoms with Crippen molar-refractivity contribution in [2.75, 3.05) is 0 Å². The molecule has 0 spiro atoms. The van der Waals surface area contributed by atoms with Crippen molar-refractivity contribution in [2.45, 2.75) is 44.1 Å². The van der Waals surface area contributed by atoms with Crippen LogP contribution in [0.5, 0.6) is 0 Å². The number of pyridine rings is 2. The van der Waals surface area contributed by atoms with E-state index in [4.69, 9.17) is 11.6 Å². The van der Waals surface area contributed by atoms with Crippen molar-refractivity contribution < 1.29 is 18.0 Å². The Bertz CT molecular complexity index is 1150. The fourth-order valence-electron chi connectivity index (χ4n) is 4.40. The number of fused-ring (bicyclic) bond motifs is 4. The molecule has 1 amide bonds. The van der Waals surface area contributed by atoms with E-state index < -0.39 is 28.8 Å². The smallest absolute Gasteiger partial charge is 0.324 e. The van der Waals surface area contributed by atoms with Gasteiger partial charge in [0.1, 0.15) is 5.69 Å². The van der Waals surface area contributed by atoms with Gasteiger partial charge in [-0.05, 0) is 37.5 Å². The molecule has 31 heavy (non-hydrogen) atoms. The zero-order valence-corrected chi connectivity index (χ0v) is 16.8. The summed E-state index contributed by atoms with van der Waals surface area (Å²) in [4.78, 5) is 22.6. The number of carbonyl (C=O) groups excluding carboxylic acids is 1. The summed E-state index contributed by atoms with van der Waals surface area (Å²) >= 11 is 5.98. The summed E-state index contributed by atoms with van der Waals surface area (Å²) < 4.78 is 41.6. The molecule has 2 aliphatic heterocycles. The van der Waals surface area contributed by atoms with Crippen LogP contribution in [0.2, 0.25) is 5.02 Å². The third-order valence-corrected chi connectivity index (χ3v) is 6.11. The molecule has 2 aliphatic rings. The highest BCUT2D eigenvalue weighted by molar-refractivity contribution is 6.34. The quantitative estimate of drug-likeness (QED) is 0.588. The average Bonchev–Trinajstić information content (AvgIpc) is 3.16. The van der Waals surface area contributed by atoms with Gasteiger partial charge in [-0.3, -0.25) is 14.8 Å². The van der Waals surface area contributed by atoms with Gasteiger partial charge >= 0.3 is 6.18 Å². The Labute approximate surface area is 179 Å². The van der Waals surface area contributed by atoms with E-state index in [1.54, 1.807) is 17.2 Å². The highest BCUT2D eigenvalue weighted by Crippen LogP contribution is 2.42. The van der Waals surface area contributed by atoms with E-state index in [1.165, 1.54) is 6.07 Å². The van der Waals surface area contributed by atoms with E-state index in [-0.39, 0.29) is 11.6 Å². The van der Waals surface area contributed by atoms with Crippen molar-refractivity contribution in [1.29, 1.82) is 0 Å². The molecule has 0 aliphatic carbocycles. The number of hydrogen-bond donors (Lipinski definition) is 0. The second-order valence-corrected chi connectivity index (χ2v) is 7.92. The number of aromatic nitrogens is 5. The van der Waals surface area contributed by atoms with Crippen LogP contribution < -0.4 is 0 Å². The van der Waals surface area contributed by atoms with Crippen LogP contribution in [0, 0.1) is 0 Å². The predicted octanol–water partition coefficient (Wildman–Crippen LogP) is 4.16. The topological polar surface area (TPSA) is 76.8 Å². The highest BCUT2D eigenvalue weighted by Gasteiger charge is 2.44. The van der Waals surface area contributed by atoms with Crippen LogP contribution in [-0.4, -0.2) is 41.6 Å². The molecule has 5 heterocycles. The monoisotopic (exact) mass is 448 g/mol. The highest BCUT2D eigenvalue weighted by atomic mass is 35.5. The van der Waals surface area contributed by atoms with Gasteiger partial charge in [-0.1, -0.05) is 17.7 Å². The van der Waals surface area contributed by atoms with Gasteiger partial charge in [0, 0.05) is 18.9 Å². The maximum absolute atomic E-state index is 13.4. The Morgan fingerprint density at radius 1 is 1.10 bits per heavy atom. The summed E-state index contributed by atoms with van der Waals surface area (Å²) in [7, 11) is 0. The van der Waals surface area contributed by atoms with Gasteiger partial charge in [-0.2, -0.15) is 13.2 Å². The lowest BCUT2D eigenvalue weighted by atomic mass is 9.91. The van der Waals surface area contributed by atoms with Gasteiger partial charge in [0.05, 0.1) is 22.7 Å². The summed E-state index contributed by atoms with van der Waals surface area (Å²) in [5.74, 6) is 0.660. The maximum Gasteiger partial charge on any atom is 0.434 e. The minimum absolute atomic E-state index is 0.209. The van der Waals surface area contributed by atoms with E-state index in [0.717, 1.165) is 19.0 Å². The Morgan fingerprint density at radius 3 is 2.68 bits per heavy atom. The van der Waals surface area contributed by atoms with Crippen molar-refractivity contribution in [1.82, 2.24) is 29.6 Å². The maximum atomic E-state index is 13.4. The third kappa shape index (κ3) is 3.25. The van der Waals surface area contributed by atoms with Crippen LogP contribution in [0.15, 0.2) is 36.7 Å². The lowest BCUT2D eigenvalue weighted by Crippen LogP contribution is -2.52. The molecule has 3 aromatic heterocycles. The number of piperidine rings is 1. The Hall–Kier alpha value is -3.01. The van der Waals surface area contributed by atoms with E-state index in [2.05, 4.69) is 20.2 Å². The first-order valence-corrected chi connectivity index (χ1v) is 10.1. The second-order valence-electron chi connectivity index (χ2n) is 7.54. The van der Waals surface area contributed by atoms with Crippen molar-refractivity contribution in [3.63, 3.8) is 0 Å². The second kappa shape index (κ2) is 7.30. The van der Waals surface area contributed by atoms with Gasteiger partial charge < -0.3 is 9.47 Å². The van der Waals surface area contributed by atoms with Crippen LogP contribution in [0.1, 0.15) is 47.2 Å². The molecule has 1 fully saturated rings. The Balaban J connectivity index is 1.55. The van der Waals surface area contributed by atoms with E-state index in [1.807, 2.05) is 16.7 Å². The summed E-state index contributed by atoms with van der Waals surface area (Å²) in [6.07, 6.45) is 0.114. The van der Waals surface area contributed by atoms with Crippen LogP contribution >= 0.6 is 11.6 Å². The molecule has 0 radical (unpaired) electrons. The summed E-state index contributed by atoms with van der Waals surface area (Å²) in [5.41, 5.74) is -0.798. The molecule has 11 heteroatoms. The number of rotatable bonds is 2. The molecule has 2 unspecified atom stereocenters. The molecule has 3 aromatic rings. The van der Waals surface area contributed by atoms with Crippen molar-refractivity contribution in [2.24, 2.45) is 0 Å². The minimum atomic E-state index is -4.75. The molecule has 2 bridgehead atoms. The standard InChI is InChI=1S/C20H16ClF3N6O/c21-15-12(7-9-26-16(15)20(22,23)24)19(31)30-11-4-3-6-14(30)18-28-27-17(29(18)10-11)13-5-1-2-8-25-13/h1-2,5,7-9,11,14H,3-4,6,10H2. The number of alkyl halides is 3. The lowest BCUT2D eigenvalue weighted by Gasteiger charge is -2.45. The molecule has 5 rings (SSSR count). The van der Waals surface area contributed by atoms with Gasteiger partial charge in [-0.25, -0.2) is 0 Å². The molecule has 2 atom stereocenters. The molecule has 7 nitrogen and oxygen atoms in total. The Kier molecular flexibility index (Phi) is 4.69. The molecule has 1 saturated heterocycles. The van der Waals surface area contributed by atoms with Crippen molar-refractivity contribution in [3.05, 3.63) is 58.8 Å². The van der Waals surface area contributed by atoms with Crippen LogP contribution in [-0.2, 0) is 12.7 Å². The fourth-order valence-corrected chi connectivity index (χ4v) is 4.70. The van der Waals surface area contributed by atoms with E-state index in [9.17, 15) is 18.0 Å². The zero-order chi connectivity index (χ0) is 21.8. The third-order valence-electron chi connectivity index (χ3n) is 5.73. The van der Waals surface area contributed by atoms with Crippen LogP contribution in [0.3, 0.4) is 0 Å². The minimum Gasteiger partial charge on any atom is -0.324 e. The lowest BCUT2D eigenvalue weighted by molar-refractivity contribution is -0.141. The largest absolute Gasteiger partial charge is 0.434 e. The van der Waals surface area contributed by atoms with E-state index in [0.29, 0.717) is 30.3 Å². The van der Waals surface area contributed by atoms with Crippen LogP contribution in [0.4, 0.5) is 13.2 Å². The first-order chi connectivity index (χ1) is 14.9. The van der Waals surface area contributed by atoms with Crippen molar-refractivity contribution in [3.8, 4) is 11.5 Å². The number of hydrogen-bond acceptors (Lipinski definition) is 5. The number of carbonyl (C=O) groups is 1. The van der Waals surface area contributed by atoms with Gasteiger partial charge in [0.2, 0.25) is 0 Å². The normalized spacial score (nSPS) is 20.5. The zero-order valence-electron chi connectivity index (χ0n) is 16.1. The molecular formula is C20H16ClF3N6O. The van der Waals surface area contributed by atoms with Gasteiger partial charge in [0.25, 0.3) is 5.91 Å². The van der Waals surface area contributed by atoms with Crippen LogP contribution in [0.25, 0.3) is 11.5 Å². The molecular weight excluding hydrogens is 433 g/mol. The predicted molar refractivity (Wildman–Crippen MR) is 104 cm³/mol. The molecule has 0 N–H and O–H groups in total. The molecule has 160 valence electrons. The number of nitrogens with zero attached hydrogens (tertiary/aromatic N) is 6. The fraction of sp³-hybridized carbons (Fsp3) is 0.350. The molecule has 0 aromatic carbocycles. The summed E-state index contributed by atoms with van der Waals surface area (Å²) in [5, 5.41) is 7.92.